The number of benzene rings is 1. The van der Waals surface area contributed by atoms with Crippen LogP contribution in [-0.4, -0.2) is 53.0 Å². The Balaban J connectivity index is 1.66. The summed E-state index contributed by atoms with van der Waals surface area (Å²) in [5.41, 5.74) is 2.71. The van der Waals surface area contributed by atoms with Crippen LogP contribution in [0.4, 0.5) is 0 Å². The summed E-state index contributed by atoms with van der Waals surface area (Å²) < 4.78 is 24.6. The van der Waals surface area contributed by atoms with Gasteiger partial charge >= 0.3 is 0 Å². The fourth-order valence-corrected chi connectivity index (χ4v) is 4.15. The Kier molecular flexibility index (Phi) is 5.52. The number of rotatable bonds is 6. The van der Waals surface area contributed by atoms with E-state index < -0.39 is 15.9 Å². The molecule has 1 aromatic heterocycles. The van der Waals surface area contributed by atoms with Gasteiger partial charge in [-0.1, -0.05) is 12.1 Å². The molecule has 2 heterocycles. The Bertz CT molecular complexity index is 831. The van der Waals surface area contributed by atoms with Crippen LogP contribution in [0.1, 0.15) is 23.1 Å². The molecule has 0 saturated carbocycles. The molecule has 25 heavy (non-hydrogen) atoms. The van der Waals surface area contributed by atoms with E-state index in [-0.39, 0.29) is 5.75 Å². The van der Waals surface area contributed by atoms with Gasteiger partial charge in [0.1, 0.15) is 15.9 Å². The van der Waals surface area contributed by atoms with Crippen molar-refractivity contribution >= 4 is 21.6 Å². The number of hydrogen-bond donors (Lipinski definition) is 1. The van der Waals surface area contributed by atoms with Gasteiger partial charge in [0.2, 0.25) is 0 Å². The van der Waals surface area contributed by atoms with E-state index in [1.807, 2.05) is 10.7 Å². The van der Waals surface area contributed by atoms with Crippen molar-refractivity contribution in [2.45, 2.75) is 30.6 Å². The lowest BCUT2D eigenvalue weighted by molar-refractivity contribution is 0.191. The van der Waals surface area contributed by atoms with Crippen molar-refractivity contribution < 1.29 is 13.5 Å². The second-order valence-corrected chi connectivity index (χ2v) is 9.52. The van der Waals surface area contributed by atoms with Gasteiger partial charge in [-0.3, -0.25) is 9.58 Å². The topological polar surface area (TPSA) is 75.4 Å². The molecule has 1 aliphatic rings. The van der Waals surface area contributed by atoms with Crippen LogP contribution in [0.2, 0.25) is 0 Å². The number of hydrogen-bond acceptors (Lipinski definition) is 6. The Labute approximate surface area is 152 Å². The Hall–Kier alpha value is -1.35. The number of aliphatic hydroxyl groups is 1. The molecular formula is C17H23N3O3S2. The lowest BCUT2D eigenvalue weighted by atomic mass is 10.2. The smallest absolute Gasteiger partial charge is 0.150 e. The Morgan fingerprint density at radius 1 is 1.28 bits per heavy atom. The SMILES string of the molecule is CSc1ccc(CN2CCn3nc(C(O)CS(C)(=O)=O)cc3C2)cc1. The average Bonchev–Trinajstić information content (AvgIpc) is 2.97. The number of nitrogens with zero attached hydrogens (tertiary/aromatic N) is 3. The first-order valence-electron chi connectivity index (χ1n) is 8.12. The molecule has 3 rings (SSSR count). The van der Waals surface area contributed by atoms with Gasteiger partial charge in [0, 0.05) is 30.8 Å². The maximum absolute atomic E-state index is 11.4. The van der Waals surface area contributed by atoms with E-state index in [1.165, 1.54) is 10.5 Å². The lowest BCUT2D eigenvalue weighted by Crippen LogP contribution is -2.33. The predicted octanol–water partition coefficient (Wildman–Crippen LogP) is 1.70. The molecular weight excluding hydrogens is 358 g/mol. The number of fused-ring (bicyclic) bond motifs is 1. The first kappa shape index (κ1) is 18.4. The maximum atomic E-state index is 11.4. The zero-order valence-corrected chi connectivity index (χ0v) is 16.1. The van der Waals surface area contributed by atoms with Crippen molar-refractivity contribution in [1.82, 2.24) is 14.7 Å². The highest BCUT2D eigenvalue weighted by atomic mass is 32.2. The van der Waals surface area contributed by atoms with Crippen LogP contribution in [0.5, 0.6) is 0 Å². The van der Waals surface area contributed by atoms with Gasteiger partial charge in [-0.2, -0.15) is 5.10 Å². The molecule has 1 atom stereocenters. The van der Waals surface area contributed by atoms with E-state index in [0.717, 1.165) is 38.1 Å². The van der Waals surface area contributed by atoms with Gasteiger partial charge in [-0.05, 0) is 30.0 Å². The third kappa shape index (κ3) is 4.84. The van der Waals surface area contributed by atoms with Crippen molar-refractivity contribution in [3.8, 4) is 0 Å². The molecule has 0 radical (unpaired) electrons. The van der Waals surface area contributed by atoms with Crippen LogP contribution < -0.4 is 0 Å². The highest BCUT2D eigenvalue weighted by Crippen LogP contribution is 2.21. The van der Waals surface area contributed by atoms with Crippen molar-refractivity contribution in [3.05, 3.63) is 47.3 Å². The van der Waals surface area contributed by atoms with E-state index >= 15 is 0 Å². The lowest BCUT2D eigenvalue weighted by Gasteiger charge is -2.27. The summed E-state index contributed by atoms with van der Waals surface area (Å²) in [5, 5.41) is 14.5. The quantitative estimate of drug-likeness (QED) is 0.768. The van der Waals surface area contributed by atoms with E-state index in [1.54, 1.807) is 11.8 Å². The van der Waals surface area contributed by atoms with E-state index in [2.05, 4.69) is 40.5 Å². The molecule has 1 unspecified atom stereocenters. The monoisotopic (exact) mass is 381 g/mol. The molecule has 0 spiro atoms. The van der Waals surface area contributed by atoms with Crippen LogP contribution >= 0.6 is 11.8 Å². The summed E-state index contributed by atoms with van der Waals surface area (Å²) in [6, 6.07) is 10.4. The fourth-order valence-electron chi connectivity index (χ4n) is 3.00. The molecule has 136 valence electrons. The molecule has 1 aliphatic heterocycles. The zero-order chi connectivity index (χ0) is 18.0. The number of aliphatic hydroxyl groups excluding tert-OH is 1. The zero-order valence-electron chi connectivity index (χ0n) is 14.4. The van der Waals surface area contributed by atoms with Gasteiger partial charge in [0.25, 0.3) is 0 Å². The normalized spacial score (nSPS) is 16.6. The van der Waals surface area contributed by atoms with Crippen molar-refractivity contribution in [3.63, 3.8) is 0 Å². The first-order valence-corrected chi connectivity index (χ1v) is 11.4. The molecule has 0 saturated heterocycles. The largest absolute Gasteiger partial charge is 0.386 e. The molecule has 0 bridgehead atoms. The van der Waals surface area contributed by atoms with Gasteiger partial charge in [0.15, 0.2) is 0 Å². The third-order valence-electron chi connectivity index (χ3n) is 4.26. The minimum atomic E-state index is -3.24. The van der Waals surface area contributed by atoms with E-state index in [0.29, 0.717) is 5.69 Å². The third-order valence-corrected chi connectivity index (χ3v) is 5.93. The minimum absolute atomic E-state index is 0.297. The maximum Gasteiger partial charge on any atom is 0.150 e. The summed E-state index contributed by atoms with van der Waals surface area (Å²) in [4.78, 5) is 3.59. The highest BCUT2D eigenvalue weighted by molar-refractivity contribution is 7.98. The molecule has 1 N–H and O–H groups in total. The molecule has 2 aromatic rings. The molecule has 0 amide bonds. The van der Waals surface area contributed by atoms with Crippen LogP contribution in [0, 0.1) is 0 Å². The average molecular weight is 382 g/mol. The summed E-state index contributed by atoms with van der Waals surface area (Å²) in [6.07, 6.45) is 2.12. The van der Waals surface area contributed by atoms with Crippen LogP contribution in [0.25, 0.3) is 0 Å². The second-order valence-electron chi connectivity index (χ2n) is 6.45. The molecule has 8 heteroatoms. The highest BCUT2D eigenvalue weighted by Gasteiger charge is 2.23. The van der Waals surface area contributed by atoms with Gasteiger partial charge in [0.05, 0.1) is 23.7 Å². The molecule has 1 aromatic carbocycles. The standard InChI is InChI=1S/C17H23N3O3S2/c1-24-15-5-3-13(4-6-15)10-19-7-8-20-14(11-19)9-16(18-20)17(21)12-25(2,22)23/h3-6,9,17,21H,7-8,10-12H2,1-2H3. The second kappa shape index (κ2) is 7.49. The molecule has 0 aliphatic carbocycles. The molecule has 6 nitrogen and oxygen atoms in total. The summed E-state index contributed by atoms with van der Waals surface area (Å²) >= 11 is 1.73. The predicted molar refractivity (Wildman–Crippen MR) is 99.2 cm³/mol. The van der Waals surface area contributed by atoms with Crippen molar-refractivity contribution in [2.75, 3.05) is 24.8 Å². The van der Waals surface area contributed by atoms with Crippen LogP contribution in [0.3, 0.4) is 0 Å². The number of sulfone groups is 1. The number of aromatic nitrogens is 2. The van der Waals surface area contributed by atoms with E-state index in [4.69, 9.17) is 0 Å². The number of thioether (sulfide) groups is 1. The fraction of sp³-hybridized carbons (Fsp3) is 0.471. The van der Waals surface area contributed by atoms with Gasteiger partial charge < -0.3 is 5.11 Å². The van der Waals surface area contributed by atoms with Gasteiger partial charge in [-0.15, -0.1) is 11.8 Å². The van der Waals surface area contributed by atoms with Crippen LogP contribution in [-0.2, 0) is 29.5 Å². The van der Waals surface area contributed by atoms with Crippen molar-refractivity contribution in [1.29, 1.82) is 0 Å². The summed E-state index contributed by atoms with van der Waals surface area (Å²) in [7, 11) is -3.24. The Morgan fingerprint density at radius 3 is 2.64 bits per heavy atom. The Morgan fingerprint density at radius 2 is 2.00 bits per heavy atom. The summed E-state index contributed by atoms with van der Waals surface area (Å²) in [5.74, 6) is -0.297. The van der Waals surface area contributed by atoms with Crippen LogP contribution in [0.15, 0.2) is 35.2 Å². The first-order chi connectivity index (χ1) is 11.8. The summed E-state index contributed by atoms with van der Waals surface area (Å²) in [6.45, 7) is 3.22. The van der Waals surface area contributed by atoms with E-state index in [9.17, 15) is 13.5 Å². The molecule has 0 fully saturated rings. The minimum Gasteiger partial charge on any atom is -0.386 e. The van der Waals surface area contributed by atoms with Crippen molar-refractivity contribution in [2.24, 2.45) is 0 Å². The van der Waals surface area contributed by atoms with Gasteiger partial charge in [-0.25, -0.2) is 8.42 Å².